The minimum atomic E-state index is -0.281. The Kier molecular flexibility index (Phi) is 5.86. The van der Waals surface area contributed by atoms with Gasteiger partial charge in [-0.05, 0) is 42.7 Å². The van der Waals surface area contributed by atoms with E-state index < -0.39 is 0 Å². The van der Waals surface area contributed by atoms with E-state index in [0.717, 1.165) is 11.1 Å². The van der Waals surface area contributed by atoms with Gasteiger partial charge in [-0.1, -0.05) is 30.3 Å². The Balaban J connectivity index is 1.72. The number of hydrogen-bond acceptors (Lipinski definition) is 2. The second-order valence-corrected chi connectivity index (χ2v) is 5.22. The predicted molar refractivity (Wildman–Crippen MR) is 86.6 cm³/mol. The monoisotopic (exact) mass is 314 g/mol. The molecule has 2 rings (SSSR count). The zero-order valence-electron chi connectivity index (χ0n) is 12.9. The fourth-order valence-electron chi connectivity index (χ4n) is 2.14. The number of benzene rings is 2. The second-order valence-electron chi connectivity index (χ2n) is 5.22. The summed E-state index contributed by atoms with van der Waals surface area (Å²) in [5, 5.41) is 5.31. The normalized spacial score (nSPS) is 10.2. The summed E-state index contributed by atoms with van der Waals surface area (Å²) in [6.45, 7) is 2.21. The lowest BCUT2D eigenvalue weighted by Crippen LogP contribution is -2.37. The van der Waals surface area contributed by atoms with E-state index in [4.69, 9.17) is 0 Å². The van der Waals surface area contributed by atoms with Gasteiger partial charge in [0, 0.05) is 12.1 Å². The molecule has 2 amide bonds. The summed E-state index contributed by atoms with van der Waals surface area (Å²) in [5.41, 5.74) is 2.36. The number of rotatable bonds is 6. The lowest BCUT2D eigenvalue weighted by molar-refractivity contribution is -0.120. The molecule has 0 aliphatic heterocycles. The quantitative estimate of drug-likeness (QED) is 0.859. The van der Waals surface area contributed by atoms with Gasteiger partial charge in [0.1, 0.15) is 5.82 Å². The number of amides is 2. The molecule has 2 N–H and O–H groups in total. The van der Waals surface area contributed by atoms with Crippen LogP contribution >= 0.6 is 0 Å². The van der Waals surface area contributed by atoms with E-state index in [2.05, 4.69) is 10.6 Å². The molecule has 4 nitrogen and oxygen atoms in total. The number of carbonyl (C=O) groups is 2. The van der Waals surface area contributed by atoms with Gasteiger partial charge in [0.15, 0.2) is 0 Å². The van der Waals surface area contributed by atoms with Crippen LogP contribution < -0.4 is 10.6 Å². The number of carbonyl (C=O) groups excluding carboxylic acids is 2. The van der Waals surface area contributed by atoms with Crippen LogP contribution in [0, 0.1) is 12.7 Å². The third kappa shape index (κ3) is 5.21. The van der Waals surface area contributed by atoms with Crippen LogP contribution in [0.15, 0.2) is 48.5 Å². The highest BCUT2D eigenvalue weighted by molar-refractivity contribution is 5.97. The molecule has 5 heteroatoms. The van der Waals surface area contributed by atoms with Crippen molar-refractivity contribution >= 4 is 11.8 Å². The summed E-state index contributed by atoms with van der Waals surface area (Å²) >= 11 is 0. The first-order valence-electron chi connectivity index (χ1n) is 7.41. The molecule has 0 atom stereocenters. The first kappa shape index (κ1) is 16.7. The van der Waals surface area contributed by atoms with E-state index in [-0.39, 0.29) is 24.2 Å². The Morgan fingerprint density at radius 2 is 1.70 bits per heavy atom. The Morgan fingerprint density at radius 1 is 1.00 bits per heavy atom. The molecular weight excluding hydrogens is 295 g/mol. The van der Waals surface area contributed by atoms with Crippen LogP contribution in [0.3, 0.4) is 0 Å². The Morgan fingerprint density at radius 3 is 2.39 bits per heavy atom. The van der Waals surface area contributed by atoms with Crippen molar-refractivity contribution in [2.24, 2.45) is 0 Å². The number of aryl methyl sites for hydroxylation is 1. The highest BCUT2D eigenvalue weighted by Crippen LogP contribution is 2.06. The molecule has 0 spiro atoms. The van der Waals surface area contributed by atoms with Gasteiger partial charge in [0.05, 0.1) is 6.54 Å². The minimum Gasteiger partial charge on any atom is -0.354 e. The molecule has 0 bridgehead atoms. The van der Waals surface area contributed by atoms with Crippen molar-refractivity contribution in [1.82, 2.24) is 10.6 Å². The van der Waals surface area contributed by atoms with Crippen LogP contribution in [0.1, 0.15) is 21.5 Å². The SMILES string of the molecule is Cc1ccccc1C(=O)NCC(=O)NCCc1ccc(F)cc1. The summed E-state index contributed by atoms with van der Waals surface area (Å²) in [7, 11) is 0. The van der Waals surface area contributed by atoms with Gasteiger partial charge in [0.2, 0.25) is 5.91 Å². The molecule has 2 aromatic rings. The molecule has 23 heavy (non-hydrogen) atoms. The van der Waals surface area contributed by atoms with E-state index >= 15 is 0 Å². The zero-order chi connectivity index (χ0) is 16.7. The van der Waals surface area contributed by atoms with Crippen molar-refractivity contribution < 1.29 is 14.0 Å². The number of halogens is 1. The molecule has 2 aromatic carbocycles. The molecule has 0 aliphatic carbocycles. The summed E-state index contributed by atoms with van der Waals surface area (Å²) in [5.74, 6) is -0.803. The first-order valence-corrected chi connectivity index (χ1v) is 7.41. The van der Waals surface area contributed by atoms with Crippen molar-refractivity contribution in [2.45, 2.75) is 13.3 Å². The average molecular weight is 314 g/mol. The van der Waals surface area contributed by atoms with Gasteiger partial charge in [-0.2, -0.15) is 0 Å². The zero-order valence-corrected chi connectivity index (χ0v) is 12.9. The highest BCUT2D eigenvalue weighted by atomic mass is 19.1. The molecule has 0 fully saturated rings. The second kappa shape index (κ2) is 8.08. The standard InChI is InChI=1S/C18H19FN2O2/c1-13-4-2-3-5-16(13)18(23)21-12-17(22)20-11-10-14-6-8-15(19)9-7-14/h2-9H,10-12H2,1H3,(H,20,22)(H,21,23). The smallest absolute Gasteiger partial charge is 0.251 e. The van der Waals surface area contributed by atoms with Gasteiger partial charge < -0.3 is 10.6 Å². The maximum absolute atomic E-state index is 12.8. The van der Waals surface area contributed by atoms with E-state index in [0.29, 0.717) is 18.5 Å². The van der Waals surface area contributed by atoms with E-state index in [9.17, 15) is 14.0 Å². The van der Waals surface area contributed by atoms with Crippen LogP contribution in [0.5, 0.6) is 0 Å². The fourth-order valence-corrected chi connectivity index (χ4v) is 2.14. The molecule has 120 valence electrons. The van der Waals surface area contributed by atoms with Gasteiger partial charge in [-0.15, -0.1) is 0 Å². The van der Waals surface area contributed by atoms with Crippen LogP contribution in [0.25, 0.3) is 0 Å². The fraction of sp³-hybridized carbons (Fsp3) is 0.222. The van der Waals surface area contributed by atoms with Crippen LogP contribution in [0.4, 0.5) is 4.39 Å². The number of nitrogens with one attached hydrogen (secondary N) is 2. The summed E-state index contributed by atoms with van der Waals surface area (Å²) in [6.07, 6.45) is 0.609. The minimum absolute atomic E-state index is 0.0728. The molecule has 0 unspecified atom stereocenters. The van der Waals surface area contributed by atoms with Gasteiger partial charge in [-0.25, -0.2) is 4.39 Å². The topological polar surface area (TPSA) is 58.2 Å². The largest absolute Gasteiger partial charge is 0.354 e. The Hall–Kier alpha value is -2.69. The summed E-state index contributed by atoms with van der Waals surface area (Å²) in [6, 6.07) is 13.3. The molecule has 0 saturated heterocycles. The molecule has 0 saturated carbocycles. The lowest BCUT2D eigenvalue weighted by Gasteiger charge is -2.08. The maximum atomic E-state index is 12.8. The Labute approximate surface area is 134 Å². The van der Waals surface area contributed by atoms with Gasteiger partial charge in [0.25, 0.3) is 5.91 Å². The number of hydrogen-bond donors (Lipinski definition) is 2. The molecule has 0 heterocycles. The van der Waals surface area contributed by atoms with Crippen LogP contribution in [-0.4, -0.2) is 24.9 Å². The van der Waals surface area contributed by atoms with E-state index in [1.54, 1.807) is 24.3 Å². The average Bonchev–Trinajstić information content (AvgIpc) is 2.55. The van der Waals surface area contributed by atoms with Gasteiger partial charge in [-0.3, -0.25) is 9.59 Å². The first-order chi connectivity index (χ1) is 11.1. The molecule has 0 radical (unpaired) electrons. The van der Waals surface area contributed by atoms with E-state index in [1.807, 2.05) is 19.1 Å². The molecular formula is C18H19FN2O2. The Bertz CT molecular complexity index is 684. The van der Waals surface area contributed by atoms with Crippen molar-refractivity contribution in [3.05, 3.63) is 71.0 Å². The maximum Gasteiger partial charge on any atom is 0.251 e. The third-order valence-electron chi connectivity index (χ3n) is 3.45. The van der Waals surface area contributed by atoms with Gasteiger partial charge >= 0.3 is 0 Å². The van der Waals surface area contributed by atoms with Crippen LogP contribution in [-0.2, 0) is 11.2 Å². The van der Waals surface area contributed by atoms with Crippen molar-refractivity contribution in [3.8, 4) is 0 Å². The van der Waals surface area contributed by atoms with Crippen molar-refractivity contribution in [2.75, 3.05) is 13.1 Å². The molecule has 0 aromatic heterocycles. The highest BCUT2D eigenvalue weighted by Gasteiger charge is 2.09. The predicted octanol–water partition coefficient (Wildman–Crippen LogP) is 2.22. The van der Waals surface area contributed by atoms with Crippen LogP contribution in [0.2, 0.25) is 0 Å². The summed E-state index contributed by atoms with van der Waals surface area (Å²) < 4.78 is 12.8. The van der Waals surface area contributed by atoms with Crippen molar-refractivity contribution in [3.63, 3.8) is 0 Å². The third-order valence-corrected chi connectivity index (χ3v) is 3.45. The van der Waals surface area contributed by atoms with E-state index in [1.165, 1.54) is 12.1 Å². The lowest BCUT2D eigenvalue weighted by atomic mass is 10.1. The molecule has 0 aliphatic rings. The van der Waals surface area contributed by atoms with Crippen molar-refractivity contribution in [1.29, 1.82) is 0 Å². The summed E-state index contributed by atoms with van der Waals surface area (Å²) in [4.78, 5) is 23.7.